The van der Waals surface area contributed by atoms with Gasteiger partial charge in [-0.2, -0.15) is 13.2 Å². The van der Waals surface area contributed by atoms with E-state index in [4.69, 9.17) is 14.6 Å². The number of aromatic nitrogens is 2. The maximum atomic E-state index is 10.6. The van der Waals surface area contributed by atoms with Crippen molar-refractivity contribution in [2.75, 3.05) is 32.8 Å². The van der Waals surface area contributed by atoms with Gasteiger partial charge in [0, 0.05) is 50.7 Å². The lowest BCUT2D eigenvalue weighted by Crippen LogP contribution is -2.34. The molecule has 1 fully saturated rings. The molecule has 0 spiro atoms. The average molecular weight is 389 g/mol. The lowest BCUT2D eigenvalue weighted by atomic mass is 9.99. The number of hydrogen-bond acceptors (Lipinski definition) is 5. The molecule has 0 saturated carbocycles. The Kier molecular flexibility index (Phi) is 7.97. The Bertz CT molecular complexity index is 620. The molecule has 1 aromatic rings. The Hall–Kier alpha value is -1.74. The molecule has 0 amide bonds. The molecule has 0 aliphatic carbocycles. The Balaban J connectivity index is 0.000000321. The third-order valence-electron chi connectivity index (χ3n) is 4.90. The SMILES string of the molecule is CCc1ncnc2c1CCN(CC1CCOCC1)CC2.O=C(O)C(F)(F)F. The van der Waals surface area contributed by atoms with E-state index in [1.807, 2.05) is 0 Å². The number of alkyl halides is 3. The highest BCUT2D eigenvalue weighted by Gasteiger charge is 2.38. The minimum Gasteiger partial charge on any atom is -0.475 e. The minimum atomic E-state index is -5.08. The second-order valence-corrected chi connectivity index (χ2v) is 6.76. The predicted octanol–water partition coefficient (Wildman–Crippen LogP) is 2.50. The van der Waals surface area contributed by atoms with E-state index >= 15 is 0 Å². The normalized spacial score (nSPS) is 18.8. The molecule has 3 rings (SSSR count). The number of nitrogens with zero attached hydrogens (tertiary/aromatic N) is 3. The zero-order chi connectivity index (χ0) is 19.9. The molecule has 0 aromatic carbocycles. The van der Waals surface area contributed by atoms with Gasteiger partial charge in [-0.1, -0.05) is 6.92 Å². The predicted molar refractivity (Wildman–Crippen MR) is 92.5 cm³/mol. The number of carboxylic acid groups (broad SMARTS) is 1. The molecule has 27 heavy (non-hydrogen) atoms. The fourth-order valence-corrected chi connectivity index (χ4v) is 3.42. The average Bonchev–Trinajstić information content (AvgIpc) is 2.85. The molecule has 9 heteroatoms. The standard InChI is InChI=1S/C16H25N3O.C2HF3O2/c1-2-15-14-3-7-19(8-4-16(14)18-12-17-15)11-13-5-9-20-10-6-13;3-2(4,5)1(6)7/h12-13H,2-11H2,1H3;(H,6,7). The van der Waals surface area contributed by atoms with Crippen molar-refractivity contribution in [1.82, 2.24) is 14.9 Å². The van der Waals surface area contributed by atoms with Crippen LogP contribution in [0.15, 0.2) is 6.33 Å². The van der Waals surface area contributed by atoms with Gasteiger partial charge < -0.3 is 14.7 Å². The van der Waals surface area contributed by atoms with Crippen LogP contribution in [0.3, 0.4) is 0 Å². The molecule has 0 bridgehead atoms. The lowest BCUT2D eigenvalue weighted by molar-refractivity contribution is -0.192. The Morgan fingerprint density at radius 1 is 1.26 bits per heavy atom. The van der Waals surface area contributed by atoms with Crippen LogP contribution in [-0.4, -0.2) is 65.0 Å². The van der Waals surface area contributed by atoms with Gasteiger partial charge in [0.1, 0.15) is 6.33 Å². The number of ether oxygens (including phenoxy) is 1. The maximum absolute atomic E-state index is 10.6. The summed E-state index contributed by atoms with van der Waals surface area (Å²) in [5.74, 6) is -1.94. The van der Waals surface area contributed by atoms with E-state index in [0.29, 0.717) is 0 Å². The van der Waals surface area contributed by atoms with Crippen LogP contribution in [0, 0.1) is 5.92 Å². The highest BCUT2D eigenvalue weighted by molar-refractivity contribution is 5.73. The van der Waals surface area contributed by atoms with Crippen LogP contribution in [0.4, 0.5) is 13.2 Å². The lowest BCUT2D eigenvalue weighted by Gasteiger charge is -2.28. The minimum absolute atomic E-state index is 0.821. The van der Waals surface area contributed by atoms with Gasteiger partial charge in [-0.3, -0.25) is 0 Å². The quantitative estimate of drug-likeness (QED) is 0.856. The molecule has 6 nitrogen and oxygen atoms in total. The number of halogens is 3. The zero-order valence-corrected chi connectivity index (χ0v) is 15.5. The second-order valence-electron chi connectivity index (χ2n) is 6.76. The van der Waals surface area contributed by atoms with Crippen molar-refractivity contribution in [3.63, 3.8) is 0 Å². The number of hydrogen-bond donors (Lipinski definition) is 1. The first-order valence-electron chi connectivity index (χ1n) is 9.23. The van der Waals surface area contributed by atoms with Gasteiger partial charge in [-0.25, -0.2) is 14.8 Å². The third kappa shape index (κ3) is 6.73. The number of carbonyl (C=O) groups is 1. The summed E-state index contributed by atoms with van der Waals surface area (Å²) >= 11 is 0. The van der Waals surface area contributed by atoms with Gasteiger partial charge in [0.2, 0.25) is 0 Å². The second kappa shape index (κ2) is 9.98. The number of fused-ring (bicyclic) bond motifs is 1. The first kappa shape index (κ1) is 21.6. The van der Waals surface area contributed by atoms with Crippen LogP contribution in [0.2, 0.25) is 0 Å². The van der Waals surface area contributed by atoms with Gasteiger partial charge in [0.05, 0.1) is 0 Å². The van der Waals surface area contributed by atoms with E-state index in [-0.39, 0.29) is 0 Å². The van der Waals surface area contributed by atoms with Crippen LogP contribution < -0.4 is 0 Å². The van der Waals surface area contributed by atoms with E-state index in [1.54, 1.807) is 6.33 Å². The third-order valence-corrected chi connectivity index (χ3v) is 4.90. The summed E-state index contributed by atoms with van der Waals surface area (Å²) in [5, 5.41) is 7.12. The Morgan fingerprint density at radius 3 is 2.48 bits per heavy atom. The van der Waals surface area contributed by atoms with Crippen molar-refractivity contribution >= 4 is 5.97 Å². The summed E-state index contributed by atoms with van der Waals surface area (Å²) in [5.41, 5.74) is 3.96. The molecular weight excluding hydrogens is 363 g/mol. The van der Waals surface area contributed by atoms with Crippen LogP contribution in [0.25, 0.3) is 0 Å². The molecule has 2 aliphatic rings. The first-order valence-corrected chi connectivity index (χ1v) is 9.23. The highest BCUT2D eigenvalue weighted by Crippen LogP contribution is 2.20. The van der Waals surface area contributed by atoms with Crippen LogP contribution >= 0.6 is 0 Å². The van der Waals surface area contributed by atoms with Gasteiger partial charge in [-0.05, 0) is 37.2 Å². The Labute approximate surface area is 156 Å². The molecule has 3 heterocycles. The fourth-order valence-electron chi connectivity index (χ4n) is 3.42. The number of carboxylic acids is 1. The summed E-state index contributed by atoms with van der Waals surface area (Å²) in [4.78, 5) is 20.5. The molecule has 0 radical (unpaired) electrons. The Morgan fingerprint density at radius 2 is 1.89 bits per heavy atom. The number of rotatable bonds is 3. The maximum Gasteiger partial charge on any atom is 0.490 e. The number of aryl methyl sites for hydroxylation is 1. The van der Waals surface area contributed by atoms with Crippen molar-refractivity contribution in [3.05, 3.63) is 23.3 Å². The summed E-state index contributed by atoms with van der Waals surface area (Å²) < 4.78 is 37.2. The van der Waals surface area contributed by atoms with E-state index in [0.717, 1.165) is 51.5 Å². The topological polar surface area (TPSA) is 75.5 Å². The van der Waals surface area contributed by atoms with Crippen molar-refractivity contribution < 1.29 is 27.8 Å². The monoisotopic (exact) mass is 389 g/mol. The number of aliphatic carboxylic acids is 1. The van der Waals surface area contributed by atoms with Gasteiger partial charge in [0.15, 0.2) is 0 Å². The smallest absolute Gasteiger partial charge is 0.475 e. The van der Waals surface area contributed by atoms with Crippen molar-refractivity contribution in [3.8, 4) is 0 Å². The van der Waals surface area contributed by atoms with Crippen molar-refractivity contribution in [2.45, 2.75) is 45.2 Å². The fraction of sp³-hybridized carbons (Fsp3) is 0.722. The molecule has 1 aromatic heterocycles. The first-order chi connectivity index (χ1) is 12.8. The molecule has 1 saturated heterocycles. The molecular formula is C18H26F3N3O3. The van der Waals surface area contributed by atoms with Crippen molar-refractivity contribution in [2.24, 2.45) is 5.92 Å². The zero-order valence-electron chi connectivity index (χ0n) is 15.5. The molecule has 0 unspecified atom stereocenters. The van der Waals surface area contributed by atoms with Gasteiger partial charge >= 0.3 is 12.1 Å². The molecule has 0 atom stereocenters. The van der Waals surface area contributed by atoms with Gasteiger partial charge in [0.25, 0.3) is 0 Å². The summed E-state index contributed by atoms with van der Waals surface area (Å²) in [7, 11) is 0. The summed E-state index contributed by atoms with van der Waals surface area (Å²) in [6, 6.07) is 0. The van der Waals surface area contributed by atoms with Gasteiger partial charge in [-0.15, -0.1) is 0 Å². The van der Waals surface area contributed by atoms with Crippen LogP contribution in [-0.2, 0) is 28.8 Å². The van der Waals surface area contributed by atoms with E-state index in [9.17, 15) is 13.2 Å². The molecule has 2 aliphatic heterocycles. The molecule has 152 valence electrons. The van der Waals surface area contributed by atoms with E-state index in [1.165, 1.54) is 36.3 Å². The highest BCUT2D eigenvalue weighted by atomic mass is 19.4. The van der Waals surface area contributed by atoms with Crippen LogP contribution in [0.5, 0.6) is 0 Å². The van der Waals surface area contributed by atoms with Crippen molar-refractivity contribution in [1.29, 1.82) is 0 Å². The van der Waals surface area contributed by atoms with E-state index < -0.39 is 12.1 Å². The summed E-state index contributed by atoms with van der Waals surface area (Å²) in [6.45, 7) is 7.61. The van der Waals surface area contributed by atoms with Crippen LogP contribution in [0.1, 0.15) is 36.7 Å². The largest absolute Gasteiger partial charge is 0.490 e. The molecule has 1 N–H and O–H groups in total. The van der Waals surface area contributed by atoms with E-state index in [2.05, 4.69) is 21.8 Å². The summed E-state index contributed by atoms with van der Waals surface area (Å²) in [6.07, 6.45) is 2.32.